The number of furan rings is 1. The fraction of sp³-hybridized carbons (Fsp3) is 0.467. The summed E-state index contributed by atoms with van der Waals surface area (Å²) in [6.07, 6.45) is 0.899. The van der Waals surface area contributed by atoms with Crippen LogP contribution < -0.4 is 5.73 Å². The van der Waals surface area contributed by atoms with Crippen molar-refractivity contribution in [1.82, 2.24) is 0 Å². The molecule has 2 heteroatoms. The van der Waals surface area contributed by atoms with E-state index in [0.29, 0.717) is 5.92 Å². The van der Waals surface area contributed by atoms with E-state index in [2.05, 4.69) is 45.9 Å². The molecule has 0 radical (unpaired) electrons. The maximum Gasteiger partial charge on any atom is 0.138 e. The van der Waals surface area contributed by atoms with E-state index in [9.17, 15) is 0 Å². The monoisotopic (exact) mass is 231 g/mol. The fourth-order valence-corrected chi connectivity index (χ4v) is 2.14. The Bertz CT molecular complexity index is 525. The highest BCUT2D eigenvalue weighted by atomic mass is 16.3. The maximum absolute atomic E-state index is 6.04. The van der Waals surface area contributed by atoms with Crippen LogP contribution in [0.25, 0.3) is 11.0 Å². The van der Waals surface area contributed by atoms with Gasteiger partial charge in [0.05, 0.1) is 6.04 Å². The zero-order chi connectivity index (χ0) is 12.6. The first-order chi connectivity index (χ1) is 8.04. The molecule has 92 valence electrons. The van der Waals surface area contributed by atoms with Crippen LogP contribution in [0.1, 0.15) is 56.0 Å². The average molecular weight is 231 g/mol. The molecule has 0 bridgehead atoms. The van der Waals surface area contributed by atoms with Crippen molar-refractivity contribution in [3.05, 3.63) is 35.1 Å². The number of aryl methyl sites for hydroxylation is 1. The van der Waals surface area contributed by atoms with Gasteiger partial charge in [-0.2, -0.15) is 0 Å². The topological polar surface area (TPSA) is 39.2 Å². The summed E-state index contributed by atoms with van der Waals surface area (Å²) < 4.78 is 5.97. The van der Waals surface area contributed by atoms with Crippen LogP contribution in [0.15, 0.2) is 22.6 Å². The summed E-state index contributed by atoms with van der Waals surface area (Å²) in [4.78, 5) is 0. The molecule has 0 saturated carbocycles. The summed E-state index contributed by atoms with van der Waals surface area (Å²) in [6.45, 7) is 8.56. The molecule has 2 aromatic rings. The van der Waals surface area contributed by atoms with Crippen molar-refractivity contribution in [3.8, 4) is 0 Å². The first-order valence-corrected chi connectivity index (χ1v) is 6.33. The molecule has 0 aliphatic rings. The van der Waals surface area contributed by atoms with Crippen LogP contribution in [-0.4, -0.2) is 0 Å². The van der Waals surface area contributed by atoms with Gasteiger partial charge >= 0.3 is 0 Å². The van der Waals surface area contributed by atoms with Crippen LogP contribution in [0.5, 0.6) is 0 Å². The van der Waals surface area contributed by atoms with E-state index in [0.717, 1.165) is 17.8 Å². The minimum Gasteiger partial charge on any atom is -0.459 e. The average Bonchev–Trinajstić information content (AvgIpc) is 2.73. The van der Waals surface area contributed by atoms with Crippen LogP contribution in [-0.2, 0) is 0 Å². The minimum atomic E-state index is 0.00168. The second-order valence-electron chi connectivity index (χ2n) is 5.03. The van der Waals surface area contributed by atoms with Gasteiger partial charge in [-0.05, 0) is 36.5 Å². The Labute approximate surface area is 103 Å². The van der Waals surface area contributed by atoms with Crippen molar-refractivity contribution >= 4 is 11.0 Å². The van der Waals surface area contributed by atoms with Crippen LogP contribution in [0.2, 0.25) is 0 Å². The van der Waals surface area contributed by atoms with E-state index in [1.165, 1.54) is 16.5 Å². The van der Waals surface area contributed by atoms with Crippen molar-refractivity contribution in [1.29, 1.82) is 0 Å². The summed E-state index contributed by atoms with van der Waals surface area (Å²) in [5, 5.41) is 1.20. The lowest BCUT2D eigenvalue weighted by Gasteiger charge is -2.07. The van der Waals surface area contributed by atoms with Crippen molar-refractivity contribution in [3.63, 3.8) is 0 Å². The number of benzene rings is 1. The van der Waals surface area contributed by atoms with Gasteiger partial charge in [-0.25, -0.2) is 0 Å². The molecule has 0 aliphatic heterocycles. The van der Waals surface area contributed by atoms with Crippen LogP contribution >= 0.6 is 0 Å². The first-order valence-electron chi connectivity index (χ1n) is 6.33. The summed E-state index contributed by atoms with van der Waals surface area (Å²) in [5.74, 6) is 1.37. The van der Waals surface area contributed by atoms with Gasteiger partial charge in [0.2, 0.25) is 0 Å². The molecule has 2 N–H and O–H groups in total. The van der Waals surface area contributed by atoms with Crippen molar-refractivity contribution in [2.24, 2.45) is 5.73 Å². The molecule has 0 amide bonds. The number of fused-ring (bicyclic) bond motifs is 1. The Kier molecular flexibility index (Phi) is 3.25. The molecular formula is C15H21NO. The molecule has 1 aromatic heterocycles. The third-order valence-electron chi connectivity index (χ3n) is 3.38. The second-order valence-corrected chi connectivity index (χ2v) is 5.03. The van der Waals surface area contributed by atoms with Gasteiger partial charge < -0.3 is 10.2 Å². The molecule has 0 saturated heterocycles. The highest BCUT2D eigenvalue weighted by Gasteiger charge is 2.15. The van der Waals surface area contributed by atoms with E-state index >= 15 is 0 Å². The summed E-state index contributed by atoms with van der Waals surface area (Å²) in [6, 6.07) is 6.42. The van der Waals surface area contributed by atoms with E-state index < -0.39 is 0 Å². The van der Waals surface area contributed by atoms with Gasteiger partial charge in [-0.15, -0.1) is 0 Å². The normalized spacial score (nSPS) is 13.5. The Hall–Kier alpha value is -1.28. The Morgan fingerprint density at radius 3 is 2.59 bits per heavy atom. The van der Waals surface area contributed by atoms with Gasteiger partial charge in [-0.3, -0.25) is 0 Å². The van der Waals surface area contributed by atoms with Crippen molar-refractivity contribution in [2.75, 3.05) is 0 Å². The molecule has 1 heterocycles. The number of hydrogen-bond donors (Lipinski definition) is 1. The van der Waals surface area contributed by atoms with Crippen molar-refractivity contribution < 1.29 is 4.42 Å². The van der Waals surface area contributed by atoms with Crippen molar-refractivity contribution in [2.45, 2.75) is 46.1 Å². The predicted molar refractivity (Wildman–Crippen MR) is 72.3 cm³/mol. The van der Waals surface area contributed by atoms with E-state index in [1.807, 2.05) is 0 Å². The van der Waals surface area contributed by atoms with Crippen LogP contribution in [0.4, 0.5) is 0 Å². The fourth-order valence-electron chi connectivity index (χ4n) is 2.14. The Morgan fingerprint density at radius 2 is 2.00 bits per heavy atom. The Balaban J connectivity index is 2.65. The number of hydrogen-bond acceptors (Lipinski definition) is 2. The lowest BCUT2D eigenvalue weighted by Crippen LogP contribution is -2.06. The highest BCUT2D eigenvalue weighted by Crippen LogP contribution is 2.32. The lowest BCUT2D eigenvalue weighted by atomic mass is 9.99. The molecule has 1 atom stereocenters. The zero-order valence-corrected chi connectivity index (χ0v) is 11.1. The lowest BCUT2D eigenvalue weighted by molar-refractivity contribution is 0.485. The molecule has 2 nitrogen and oxygen atoms in total. The molecule has 0 aliphatic carbocycles. The van der Waals surface area contributed by atoms with Gasteiger partial charge in [0.25, 0.3) is 0 Å². The SMILES string of the molecule is CCC(N)c1cc2c(C)ccc(C(C)C)c2o1. The smallest absolute Gasteiger partial charge is 0.138 e. The first kappa shape index (κ1) is 12.2. The largest absolute Gasteiger partial charge is 0.459 e. The summed E-state index contributed by atoms with van der Waals surface area (Å²) in [5.41, 5.74) is 9.57. The third kappa shape index (κ3) is 2.09. The van der Waals surface area contributed by atoms with Gasteiger partial charge in [0.15, 0.2) is 0 Å². The highest BCUT2D eigenvalue weighted by molar-refractivity contribution is 5.85. The predicted octanol–water partition coefficient (Wildman–Crippen LogP) is 4.27. The van der Waals surface area contributed by atoms with Gasteiger partial charge in [-0.1, -0.05) is 32.9 Å². The van der Waals surface area contributed by atoms with Gasteiger partial charge in [0, 0.05) is 5.39 Å². The third-order valence-corrected chi connectivity index (χ3v) is 3.38. The molecule has 1 unspecified atom stereocenters. The van der Waals surface area contributed by atoms with Crippen LogP contribution in [0.3, 0.4) is 0 Å². The number of rotatable bonds is 3. The molecule has 17 heavy (non-hydrogen) atoms. The summed E-state index contributed by atoms with van der Waals surface area (Å²) >= 11 is 0. The quantitative estimate of drug-likeness (QED) is 0.856. The zero-order valence-electron chi connectivity index (χ0n) is 11.1. The standard InChI is InChI=1S/C15H21NO/c1-5-13(16)14-8-12-10(4)6-7-11(9(2)3)15(12)17-14/h6-9,13H,5,16H2,1-4H3. The Morgan fingerprint density at radius 1 is 1.29 bits per heavy atom. The second kappa shape index (κ2) is 4.53. The molecule has 2 rings (SSSR count). The van der Waals surface area contributed by atoms with E-state index in [4.69, 9.17) is 10.2 Å². The molecule has 0 fully saturated rings. The summed E-state index contributed by atoms with van der Waals surface area (Å²) in [7, 11) is 0. The molecular weight excluding hydrogens is 210 g/mol. The van der Waals surface area contributed by atoms with Crippen LogP contribution in [0, 0.1) is 6.92 Å². The minimum absolute atomic E-state index is 0.00168. The van der Waals surface area contributed by atoms with E-state index in [-0.39, 0.29) is 6.04 Å². The molecule has 1 aromatic carbocycles. The number of nitrogens with two attached hydrogens (primary N) is 1. The van der Waals surface area contributed by atoms with Gasteiger partial charge in [0.1, 0.15) is 11.3 Å². The maximum atomic E-state index is 6.04. The van der Waals surface area contributed by atoms with E-state index in [1.54, 1.807) is 0 Å². The molecule has 0 spiro atoms.